The molecule has 0 aliphatic carbocycles. The van der Waals surface area contributed by atoms with Gasteiger partial charge in [0, 0.05) is 25.1 Å². The van der Waals surface area contributed by atoms with Crippen molar-refractivity contribution >= 4 is 11.8 Å². The third-order valence-corrected chi connectivity index (χ3v) is 7.36. The van der Waals surface area contributed by atoms with Gasteiger partial charge >= 0.3 is 11.8 Å². The highest BCUT2D eigenvalue weighted by atomic mass is 19.1. The van der Waals surface area contributed by atoms with E-state index in [1.54, 1.807) is 29.2 Å². The molecule has 1 aliphatic heterocycles. The first-order valence-corrected chi connectivity index (χ1v) is 13.6. The van der Waals surface area contributed by atoms with E-state index in [0.717, 1.165) is 29.5 Å². The molecule has 1 aliphatic rings. The van der Waals surface area contributed by atoms with Crippen LogP contribution in [0, 0.1) is 30.0 Å². The van der Waals surface area contributed by atoms with Crippen LogP contribution >= 0.6 is 0 Å². The number of rotatable bonds is 7. The molecule has 1 fully saturated rings. The number of nitrogens with zero attached hydrogens (tertiary/aromatic N) is 4. The minimum atomic E-state index is -0.877. The summed E-state index contributed by atoms with van der Waals surface area (Å²) in [6.45, 7) is 5.40. The van der Waals surface area contributed by atoms with Gasteiger partial charge in [0.2, 0.25) is 5.82 Å². The molecule has 208 valence electrons. The summed E-state index contributed by atoms with van der Waals surface area (Å²) in [4.78, 5) is 31.5. The third-order valence-electron chi connectivity index (χ3n) is 7.36. The number of carbonyl (C=O) groups is 2. The molecule has 2 amide bonds. The van der Waals surface area contributed by atoms with Crippen LogP contribution in [0.3, 0.4) is 0 Å². The normalized spacial score (nSPS) is 14.3. The fraction of sp³-hybridized carbons (Fsp3) is 0.281. The lowest BCUT2D eigenvalue weighted by Gasteiger charge is -2.28. The van der Waals surface area contributed by atoms with Crippen molar-refractivity contribution in [1.29, 1.82) is 5.26 Å². The highest BCUT2D eigenvalue weighted by Crippen LogP contribution is 2.24. The Balaban J connectivity index is 1.24. The van der Waals surface area contributed by atoms with E-state index in [9.17, 15) is 14.9 Å². The standard InChI is InChI=1S/C32H30FN5O3/c1-20-6-9-23(10-7-20)24-4-3-5-25(18-24)30(39)35-26(19-34)16-22-8-11-27(28(33)17-22)29-36-31(41-37-29)32(40)38-14-12-21(2)13-15-38/h3-11,17-18,21,26H,12-16H2,1-2H3,(H,35,39). The Morgan fingerprint density at radius 1 is 1.10 bits per heavy atom. The second-order valence-electron chi connectivity index (χ2n) is 10.5. The molecule has 1 aromatic heterocycles. The van der Waals surface area contributed by atoms with Crippen LogP contribution in [0.25, 0.3) is 22.5 Å². The van der Waals surface area contributed by atoms with Crippen molar-refractivity contribution in [3.63, 3.8) is 0 Å². The van der Waals surface area contributed by atoms with Crippen LogP contribution in [0.15, 0.2) is 71.3 Å². The van der Waals surface area contributed by atoms with E-state index in [2.05, 4.69) is 28.5 Å². The van der Waals surface area contributed by atoms with Crippen molar-refractivity contribution in [2.45, 2.75) is 39.2 Å². The van der Waals surface area contributed by atoms with E-state index < -0.39 is 17.8 Å². The summed E-state index contributed by atoms with van der Waals surface area (Å²) in [7, 11) is 0. The zero-order valence-corrected chi connectivity index (χ0v) is 22.9. The van der Waals surface area contributed by atoms with Gasteiger partial charge < -0.3 is 14.7 Å². The van der Waals surface area contributed by atoms with Crippen LogP contribution in [0.4, 0.5) is 4.39 Å². The monoisotopic (exact) mass is 551 g/mol. The average Bonchev–Trinajstić information content (AvgIpc) is 3.47. The minimum Gasteiger partial charge on any atom is -0.336 e. The number of piperidine rings is 1. The van der Waals surface area contributed by atoms with Crippen molar-refractivity contribution in [1.82, 2.24) is 20.4 Å². The molecule has 1 unspecified atom stereocenters. The number of nitrogens with one attached hydrogen (secondary N) is 1. The fourth-order valence-electron chi connectivity index (χ4n) is 4.83. The van der Waals surface area contributed by atoms with Crippen molar-refractivity contribution in [2.24, 2.45) is 5.92 Å². The average molecular weight is 552 g/mol. The maximum absolute atomic E-state index is 15.1. The number of hydrogen-bond acceptors (Lipinski definition) is 6. The quantitative estimate of drug-likeness (QED) is 0.321. The summed E-state index contributed by atoms with van der Waals surface area (Å²) in [6, 6.07) is 20.8. The zero-order chi connectivity index (χ0) is 28.9. The van der Waals surface area contributed by atoms with Gasteiger partial charge in [-0.05, 0) is 66.6 Å². The summed E-state index contributed by atoms with van der Waals surface area (Å²) in [6.07, 6.45) is 1.92. The van der Waals surface area contributed by atoms with E-state index >= 15 is 4.39 Å². The first-order valence-electron chi connectivity index (χ1n) is 13.6. The lowest BCUT2D eigenvalue weighted by Crippen LogP contribution is -2.38. The summed E-state index contributed by atoms with van der Waals surface area (Å²) < 4.78 is 20.2. The highest BCUT2D eigenvalue weighted by Gasteiger charge is 2.26. The molecule has 5 rings (SSSR count). The van der Waals surface area contributed by atoms with Gasteiger partial charge in [0.25, 0.3) is 5.91 Å². The molecule has 0 spiro atoms. The van der Waals surface area contributed by atoms with E-state index in [1.807, 2.05) is 37.3 Å². The number of aryl methyl sites for hydroxylation is 1. The van der Waals surface area contributed by atoms with E-state index in [4.69, 9.17) is 4.52 Å². The molecule has 0 saturated carbocycles. The Bertz CT molecular complexity index is 1600. The van der Waals surface area contributed by atoms with Gasteiger partial charge in [0.15, 0.2) is 0 Å². The van der Waals surface area contributed by atoms with Gasteiger partial charge in [-0.25, -0.2) is 4.39 Å². The van der Waals surface area contributed by atoms with Crippen molar-refractivity contribution < 1.29 is 18.5 Å². The number of benzene rings is 3. The van der Waals surface area contributed by atoms with Gasteiger partial charge in [-0.2, -0.15) is 10.2 Å². The highest BCUT2D eigenvalue weighted by molar-refractivity contribution is 5.96. The molecule has 1 saturated heterocycles. The number of amides is 2. The summed E-state index contributed by atoms with van der Waals surface area (Å²) in [5, 5.41) is 16.2. The number of likely N-dealkylation sites (tertiary alicyclic amines) is 1. The largest absolute Gasteiger partial charge is 0.336 e. The number of aromatic nitrogens is 2. The molecular weight excluding hydrogens is 521 g/mol. The predicted octanol–water partition coefficient (Wildman–Crippen LogP) is 5.59. The molecule has 3 aromatic carbocycles. The van der Waals surface area contributed by atoms with Crippen molar-refractivity contribution in [3.05, 3.63) is 95.1 Å². The van der Waals surface area contributed by atoms with Gasteiger partial charge in [0.05, 0.1) is 11.6 Å². The van der Waals surface area contributed by atoms with Crippen molar-refractivity contribution in [2.75, 3.05) is 13.1 Å². The van der Waals surface area contributed by atoms with Crippen LogP contribution in [-0.2, 0) is 6.42 Å². The Kier molecular flexibility index (Phi) is 8.20. The topological polar surface area (TPSA) is 112 Å². The van der Waals surface area contributed by atoms with E-state index in [-0.39, 0.29) is 29.6 Å². The molecule has 1 N–H and O–H groups in total. The third kappa shape index (κ3) is 6.49. The molecule has 2 heterocycles. The van der Waals surface area contributed by atoms with E-state index in [0.29, 0.717) is 30.1 Å². The molecule has 8 nitrogen and oxygen atoms in total. The maximum Gasteiger partial charge on any atom is 0.316 e. The molecule has 0 bridgehead atoms. The number of carbonyl (C=O) groups excluding carboxylic acids is 2. The molecule has 9 heteroatoms. The Labute approximate surface area is 237 Å². The predicted molar refractivity (Wildman–Crippen MR) is 151 cm³/mol. The zero-order valence-electron chi connectivity index (χ0n) is 22.9. The smallest absolute Gasteiger partial charge is 0.316 e. The number of nitriles is 1. The number of halogens is 1. The van der Waals surface area contributed by atoms with Crippen molar-refractivity contribution in [3.8, 4) is 28.6 Å². The molecule has 0 radical (unpaired) electrons. The van der Waals surface area contributed by atoms with Gasteiger partial charge in [0.1, 0.15) is 11.9 Å². The second-order valence-corrected chi connectivity index (χ2v) is 10.5. The van der Waals surface area contributed by atoms with Crippen LogP contribution in [-0.4, -0.2) is 46.0 Å². The van der Waals surface area contributed by atoms with Gasteiger partial charge in [-0.1, -0.05) is 60.1 Å². The lowest BCUT2D eigenvalue weighted by molar-refractivity contribution is 0.0647. The van der Waals surface area contributed by atoms with Crippen LogP contribution in [0.2, 0.25) is 0 Å². The summed E-state index contributed by atoms with van der Waals surface area (Å²) in [5.41, 5.74) is 4.02. The maximum atomic E-state index is 15.1. The molecule has 1 atom stereocenters. The summed E-state index contributed by atoms with van der Waals surface area (Å²) >= 11 is 0. The second kappa shape index (κ2) is 12.1. The molecular formula is C32H30FN5O3. The Hall–Kier alpha value is -4.84. The first kappa shape index (κ1) is 27.7. The lowest BCUT2D eigenvalue weighted by atomic mass is 9.99. The number of hydrogen-bond donors (Lipinski definition) is 1. The molecule has 41 heavy (non-hydrogen) atoms. The van der Waals surface area contributed by atoms with Gasteiger partial charge in [-0.15, -0.1) is 0 Å². The molecule has 4 aromatic rings. The van der Waals surface area contributed by atoms with Crippen LogP contribution in [0.5, 0.6) is 0 Å². The minimum absolute atomic E-state index is 0.0265. The first-order chi connectivity index (χ1) is 19.8. The summed E-state index contributed by atoms with van der Waals surface area (Å²) in [5.74, 6) is -1.01. The van der Waals surface area contributed by atoms with Crippen LogP contribution < -0.4 is 5.32 Å². The van der Waals surface area contributed by atoms with Gasteiger partial charge in [-0.3, -0.25) is 9.59 Å². The Morgan fingerprint density at radius 2 is 1.85 bits per heavy atom. The Morgan fingerprint density at radius 3 is 2.56 bits per heavy atom. The van der Waals surface area contributed by atoms with Crippen LogP contribution in [0.1, 0.15) is 51.9 Å². The SMILES string of the molecule is Cc1ccc(-c2cccc(C(=O)NC(C#N)Cc3ccc(-c4noc(C(=O)N5CCC(C)CC5)n4)c(F)c3)c2)cc1. The fourth-order valence-corrected chi connectivity index (χ4v) is 4.83. The van der Waals surface area contributed by atoms with E-state index in [1.165, 1.54) is 12.1 Å².